The van der Waals surface area contributed by atoms with Crippen LogP contribution < -0.4 is 14.8 Å². The Kier molecular flexibility index (Phi) is 4.84. The minimum absolute atomic E-state index is 0.0400. The van der Waals surface area contributed by atoms with E-state index < -0.39 is 0 Å². The van der Waals surface area contributed by atoms with E-state index in [2.05, 4.69) is 5.32 Å². The Morgan fingerprint density at radius 2 is 2.15 bits per heavy atom. The predicted molar refractivity (Wildman–Crippen MR) is 77.1 cm³/mol. The van der Waals surface area contributed by atoms with Gasteiger partial charge < -0.3 is 19.7 Å². The van der Waals surface area contributed by atoms with Crippen molar-refractivity contribution in [2.24, 2.45) is 5.92 Å². The highest BCUT2D eigenvalue weighted by molar-refractivity contribution is 5.78. The molecule has 0 aliphatic carbocycles. The number of likely N-dealkylation sites (N-methyl/N-ethyl adjacent to an activating group) is 1. The molecule has 5 heteroatoms. The fourth-order valence-electron chi connectivity index (χ4n) is 2.32. The summed E-state index contributed by atoms with van der Waals surface area (Å²) in [6.45, 7) is 3.59. The molecule has 0 spiro atoms. The lowest BCUT2D eigenvalue weighted by atomic mass is 10.1. The van der Waals surface area contributed by atoms with E-state index in [9.17, 15) is 4.79 Å². The summed E-state index contributed by atoms with van der Waals surface area (Å²) >= 11 is 0. The van der Waals surface area contributed by atoms with E-state index in [0.717, 1.165) is 11.5 Å². The van der Waals surface area contributed by atoms with E-state index in [1.54, 1.807) is 11.9 Å². The molecule has 20 heavy (non-hydrogen) atoms. The molecule has 5 nitrogen and oxygen atoms in total. The van der Waals surface area contributed by atoms with Crippen molar-refractivity contribution < 1.29 is 14.3 Å². The fraction of sp³-hybridized carbons (Fsp3) is 0.533. The number of amides is 1. The molecule has 2 atom stereocenters. The molecule has 110 valence electrons. The van der Waals surface area contributed by atoms with Crippen LogP contribution in [0.3, 0.4) is 0 Å². The summed E-state index contributed by atoms with van der Waals surface area (Å²) in [5.41, 5.74) is 0. The minimum Gasteiger partial charge on any atom is -0.486 e. The molecule has 2 unspecified atom stereocenters. The van der Waals surface area contributed by atoms with Gasteiger partial charge in [-0.05, 0) is 19.2 Å². The molecule has 1 aromatic rings. The van der Waals surface area contributed by atoms with Crippen molar-refractivity contribution in [3.63, 3.8) is 0 Å². The smallest absolute Gasteiger partial charge is 0.226 e. The summed E-state index contributed by atoms with van der Waals surface area (Å²) in [5.74, 6) is 1.58. The van der Waals surface area contributed by atoms with Crippen LogP contribution in [0.4, 0.5) is 0 Å². The van der Waals surface area contributed by atoms with Crippen molar-refractivity contribution in [2.45, 2.75) is 13.0 Å². The Morgan fingerprint density at radius 1 is 1.45 bits per heavy atom. The Hall–Kier alpha value is -1.75. The zero-order chi connectivity index (χ0) is 14.5. The normalized spacial score (nSPS) is 18.4. The number of hydrogen-bond donors (Lipinski definition) is 1. The van der Waals surface area contributed by atoms with E-state index in [1.165, 1.54) is 0 Å². The SMILES string of the molecule is CNCC(C)C(=O)N(C)CC1COc2ccccc2O1. The molecule has 1 heterocycles. The second-order valence-electron chi connectivity index (χ2n) is 5.18. The van der Waals surface area contributed by atoms with E-state index in [-0.39, 0.29) is 17.9 Å². The summed E-state index contributed by atoms with van der Waals surface area (Å²) in [5, 5.41) is 3.02. The van der Waals surface area contributed by atoms with Gasteiger partial charge in [0.2, 0.25) is 5.91 Å². The first-order chi connectivity index (χ1) is 9.61. The molecular weight excluding hydrogens is 256 g/mol. The first-order valence-corrected chi connectivity index (χ1v) is 6.90. The van der Waals surface area contributed by atoms with Crippen LogP contribution >= 0.6 is 0 Å². The monoisotopic (exact) mass is 278 g/mol. The quantitative estimate of drug-likeness (QED) is 0.877. The molecular formula is C15H22N2O3. The van der Waals surface area contributed by atoms with Crippen LogP contribution in [-0.2, 0) is 4.79 Å². The Bertz CT molecular complexity index is 464. The maximum atomic E-state index is 12.1. The lowest BCUT2D eigenvalue weighted by molar-refractivity contribution is -0.134. The Morgan fingerprint density at radius 3 is 2.85 bits per heavy atom. The van der Waals surface area contributed by atoms with Gasteiger partial charge in [0.25, 0.3) is 0 Å². The lowest BCUT2D eigenvalue weighted by Gasteiger charge is -2.30. The lowest BCUT2D eigenvalue weighted by Crippen LogP contribution is -2.44. The highest BCUT2D eigenvalue weighted by atomic mass is 16.6. The van der Waals surface area contributed by atoms with Gasteiger partial charge in [0.1, 0.15) is 6.61 Å². The van der Waals surface area contributed by atoms with Crippen LogP contribution in [0.5, 0.6) is 11.5 Å². The average Bonchev–Trinajstić information content (AvgIpc) is 2.46. The van der Waals surface area contributed by atoms with Crippen LogP contribution in [0.25, 0.3) is 0 Å². The number of hydrogen-bond acceptors (Lipinski definition) is 4. The van der Waals surface area contributed by atoms with E-state index in [1.807, 2.05) is 38.2 Å². The number of rotatable bonds is 5. The maximum Gasteiger partial charge on any atom is 0.226 e. The second-order valence-corrected chi connectivity index (χ2v) is 5.18. The van der Waals surface area contributed by atoms with Gasteiger partial charge in [-0.2, -0.15) is 0 Å². The molecule has 2 rings (SSSR count). The molecule has 0 saturated heterocycles. The summed E-state index contributed by atoms with van der Waals surface area (Å²) in [4.78, 5) is 13.9. The number of carbonyl (C=O) groups excluding carboxylic acids is 1. The van der Waals surface area contributed by atoms with Gasteiger partial charge in [-0.1, -0.05) is 19.1 Å². The molecule has 0 bridgehead atoms. The topological polar surface area (TPSA) is 50.8 Å². The van der Waals surface area contributed by atoms with Gasteiger partial charge >= 0.3 is 0 Å². The van der Waals surface area contributed by atoms with Crippen LogP contribution in [0.15, 0.2) is 24.3 Å². The van der Waals surface area contributed by atoms with E-state index in [0.29, 0.717) is 19.7 Å². The van der Waals surface area contributed by atoms with Crippen LogP contribution in [0.2, 0.25) is 0 Å². The van der Waals surface area contributed by atoms with Crippen LogP contribution in [0.1, 0.15) is 6.92 Å². The number of benzene rings is 1. The van der Waals surface area contributed by atoms with Crippen LogP contribution in [0, 0.1) is 5.92 Å². The first kappa shape index (κ1) is 14.7. The van der Waals surface area contributed by atoms with Crippen molar-refractivity contribution in [1.82, 2.24) is 10.2 Å². The molecule has 1 aliphatic heterocycles. The highest BCUT2D eigenvalue weighted by Crippen LogP contribution is 2.30. The zero-order valence-corrected chi connectivity index (χ0v) is 12.3. The third-order valence-corrected chi connectivity index (χ3v) is 3.35. The van der Waals surface area contributed by atoms with Crippen molar-refractivity contribution in [3.05, 3.63) is 24.3 Å². The van der Waals surface area contributed by atoms with Gasteiger partial charge in [0.05, 0.1) is 6.54 Å². The molecule has 0 aromatic heterocycles. The van der Waals surface area contributed by atoms with Crippen molar-refractivity contribution in [1.29, 1.82) is 0 Å². The van der Waals surface area contributed by atoms with Crippen molar-refractivity contribution in [3.8, 4) is 11.5 Å². The van der Waals surface area contributed by atoms with Gasteiger partial charge in [-0.3, -0.25) is 4.79 Å². The average molecular weight is 278 g/mol. The number of fused-ring (bicyclic) bond motifs is 1. The summed E-state index contributed by atoms with van der Waals surface area (Å²) in [6, 6.07) is 7.59. The van der Waals surface area contributed by atoms with Gasteiger partial charge in [-0.25, -0.2) is 0 Å². The zero-order valence-electron chi connectivity index (χ0n) is 12.3. The molecule has 0 fully saturated rings. The molecule has 0 saturated carbocycles. The number of para-hydroxylation sites is 2. The fourth-order valence-corrected chi connectivity index (χ4v) is 2.32. The maximum absolute atomic E-state index is 12.1. The number of nitrogens with zero attached hydrogens (tertiary/aromatic N) is 1. The Labute approximate surface area is 119 Å². The predicted octanol–water partition coefficient (Wildman–Crippen LogP) is 1.14. The van der Waals surface area contributed by atoms with Crippen molar-refractivity contribution in [2.75, 3.05) is 33.8 Å². The van der Waals surface area contributed by atoms with Gasteiger partial charge in [0.15, 0.2) is 17.6 Å². The third-order valence-electron chi connectivity index (χ3n) is 3.35. The minimum atomic E-state index is -0.124. The third kappa shape index (κ3) is 3.42. The second kappa shape index (κ2) is 6.61. The van der Waals surface area contributed by atoms with Gasteiger partial charge in [0, 0.05) is 19.5 Å². The Balaban J connectivity index is 1.90. The summed E-state index contributed by atoms with van der Waals surface area (Å²) in [7, 11) is 3.65. The summed E-state index contributed by atoms with van der Waals surface area (Å²) < 4.78 is 11.5. The molecule has 1 N–H and O–H groups in total. The van der Waals surface area contributed by atoms with Crippen molar-refractivity contribution >= 4 is 5.91 Å². The molecule has 0 radical (unpaired) electrons. The highest BCUT2D eigenvalue weighted by Gasteiger charge is 2.25. The van der Waals surface area contributed by atoms with Crippen LogP contribution in [-0.4, -0.2) is 50.7 Å². The molecule has 1 aliphatic rings. The number of carbonyl (C=O) groups is 1. The number of ether oxygens (including phenoxy) is 2. The summed E-state index contributed by atoms with van der Waals surface area (Å²) in [6.07, 6.45) is -0.124. The van der Waals surface area contributed by atoms with E-state index in [4.69, 9.17) is 9.47 Å². The largest absolute Gasteiger partial charge is 0.486 e. The number of nitrogens with one attached hydrogen (secondary N) is 1. The molecule has 1 amide bonds. The first-order valence-electron chi connectivity index (χ1n) is 6.90. The standard InChI is InChI=1S/C15H22N2O3/c1-11(8-16-2)15(18)17(3)9-12-10-19-13-6-4-5-7-14(13)20-12/h4-7,11-12,16H,8-10H2,1-3H3. The molecule has 1 aromatic carbocycles. The van der Waals surface area contributed by atoms with E-state index >= 15 is 0 Å². The van der Waals surface area contributed by atoms with Gasteiger partial charge in [-0.15, -0.1) is 0 Å².